The van der Waals surface area contributed by atoms with Crippen LogP contribution in [0, 0.1) is 0 Å². The molecule has 0 aliphatic carbocycles. The Morgan fingerprint density at radius 3 is 2.14 bits per heavy atom. The number of methoxy groups -OCH3 is 1. The van der Waals surface area contributed by atoms with Crippen molar-refractivity contribution in [3.63, 3.8) is 0 Å². The van der Waals surface area contributed by atoms with E-state index in [0.717, 1.165) is 0 Å². The molecule has 0 radical (unpaired) electrons. The number of benzene rings is 2. The molecule has 0 saturated heterocycles. The first-order valence-electron chi connectivity index (χ1n) is 6.11. The molecule has 6 nitrogen and oxygen atoms in total. The number of hydrogen-bond acceptors (Lipinski definition) is 4. The van der Waals surface area contributed by atoms with Crippen LogP contribution in [0.25, 0.3) is 0 Å². The smallest absolute Gasteiger partial charge is 0.336 e. The molecular formula is C15H12O6S. The number of ether oxygens (including phenoxy) is 1. The third-order valence-electron chi connectivity index (χ3n) is 2.94. The highest BCUT2D eigenvalue weighted by atomic mass is 32.2. The van der Waals surface area contributed by atoms with E-state index in [-0.39, 0.29) is 20.9 Å². The fourth-order valence-corrected chi connectivity index (χ4v) is 3.26. The number of rotatable bonds is 5. The van der Waals surface area contributed by atoms with Crippen molar-refractivity contribution in [2.75, 3.05) is 7.11 Å². The van der Waals surface area contributed by atoms with Gasteiger partial charge in [0.15, 0.2) is 0 Å². The average Bonchev–Trinajstić information content (AvgIpc) is 2.53. The van der Waals surface area contributed by atoms with E-state index < -0.39 is 22.7 Å². The Balaban J connectivity index is 2.63. The van der Waals surface area contributed by atoms with Crippen molar-refractivity contribution in [3.05, 3.63) is 53.6 Å². The Labute approximate surface area is 128 Å². The van der Waals surface area contributed by atoms with Crippen molar-refractivity contribution in [1.82, 2.24) is 0 Å². The number of hydrogen-bond donors (Lipinski definition) is 2. The van der Waals surface area contributed by atoms with Crippen molar-refractivity contribution in [2.24, 2.45) is 0 Å². The van der Waals surface area contributed by atoms with E-state index in [1.807, 2.05) is 0 Å². The molecule has 0 fully saturated rings. The van der Waals surface area contributed by atoms with Gasteiger partial charge >= 0.3 is 11.9 Å². The van der Waals surface area contributed by atoms with E-state index >= 15 is 0 Å². The van der Waals surface area contributed by atoms with Gasteiger partial charge < -0.3 is 14.9 Å². The van der Waals surface area contributed by atoms with Crippen LogP contribution in [-0.4, -0.2) is 33.5 Å². The molecule has 22 heavy (non-hydrogen) atoms. The Morgan fingerprint density at radius 2 is 1.55 bits per heavy atom. The standard InChI is InChI=1S/C15H12O6S/c1-21-9-6-7-11(15(18)19)13(8-9)22(20)12-5-3-2-4-10(12)14(16)17/h2-8H,1H3,(H,16,17)(H,18,19). The van der Waals surface area contributed by atoms with Crippen molar-refractivity contribution >= 4 is 22.7 Å². The van der Waals surface area contributed by atoms with Crippen molar-refractivity contribution < 1.29 is 28.7 Å². The second kappa shape index (κ2) is 6.40. The SMILES string of the molecule is COc1ccc(C(=O)O)c(S(=O)c2ccccc2C(=O)O)c1. The van der Waals surface area contributed by atoms with Gasteiger partial charge in [0, 0.05) is 0 Å². The lowest BCUT2D eigenvalue weighted by Crippen LogP contribution is -2.09. The maximum atomic E-state index is 12.7. The molecule has 0 aliphatic rings. The molecule has 0 heterocycles. The summed E-state index contributed by atoms with van der Waals surface area (Å²) in [6.45, 7) is 0. The van der Waals surface area contributed by atoms with Crippen LogP contribution < -0.4 is 4.74 Å². The van der Waals surface area contributed by atoms with Crippen molar-refractivity contribution in [2.45, 2.75) is 9.79 Å². The first-order chi connectivity index (χ1) is 10.5. The van der Waals surface area contributed by atoms with E-state index in [2.05, 4.69) is 0 Å². The van der Waals surface area contributed by atoms with Crippen LogP contribution in [0.15, 0.2) is 52.3 Å². The summed E-state index contributed by atoms with van der Waals surface area (Å²) in [5.41, 5.74) is -0.306. The van der Waals surface area contributed by atoms with Crippen molar-refractivity contribution in [1.29, 1.82) is 0 Å². The largest absolute Gasteiger partial charge is 0.497 e. The van der Waals surface area contributed by atoms with Gasteiger partial charge in [0.25, 0.3) is 0 Å². The summed E-state index contributed by atoms with van der Waals surface area (Å²) in [5.74, 6) is -2.15. The molecule has 0 aromatic heterocycles. The minimum Gasteiger partial charge on any atom is -0.497 e. The second-order valence-corrected chi connectivity index (χ2v) is 5.65. The summed E-state index contributed by atoms with van der Waals surface area (Å²) in [6.07, 6.45) is 0. The van der Waals surface area contributed by atoms with E-state index in [0.29, 0.717) is 5.75 Å². The maximum absolute atomic E-state index is 12.7. The zero-order chi connectivity index (χ0) is 16.3. The minimum absolute atomic E-state index is 0.0134. The van der Waals surface area contributed by atoms with Crippen LogP contribution in [0.1, 0.15) is 20.7 Å². The lowest BCUT2D eigenvalue weighted by atomic mass is 10.2. The second-order valence-electron chi connectivity index (χ2n) is 4.24. The Bertz CT molecular complexity index is 768. The average molecular weight is 320 g/mol. The van der Waals surface area contributed by atoms with Gasteiger partial charge in [-0.15, -0.1) is 0 Å². The van der Waals surface area contributed by atoms with Gasteiger partial charge in [-0.1, -0.05) is 12.1 Å². The fourth-order valence-electron chi connectivity index (χ4n) is 1.88. The van der Waals surface area contributed by atoms with Gasteiger partial charge in [-0.25, -0.2) is 13.8 Å². The molecule has 0 aliphatic heterocycles. The molecule has 0 spiro atoms. The zero-order valence-electron chi connectivity index (χ0n) is 11.5. The van der Waals surface area contributed by atoms with Crippen LogP contribution in [0.2, 0.25) is 0 Å². The molecule has 2 aromatic rings. The van der Waals surface area contributed by atoms with Gasteiger partial charge in [0.1, 0.15) is 5.75 Å². The monoisotopic (exact) mass is 320 g/mol. The fraction of sp³-hybridized carbons (Fsp3) is 0.0667. The molecule has 7 heteroatoms. The Morgan fingerprint density at radius 1 is 0.955 bits per heavy atom. The van der Waals surface area contributed by atoms with E-state index in [1.165, 1.54) is 43.5 Å². The molecule has 0 amide bonds. The van der Waals surface area contributed by atoms with Gasteiger partial charge in [-0.2, -0.15) is 0 Å². The van der Waals surface area contributed by atoms with Gasteiger partial charge in [-0.05, 0) is 30.3 Å². The third-order valence-corrected chi connectivity index (χ3v) is 4.43. The number of carboxylic acids is 2. The topological polar surface area (TPSA) is 101 Å². The number of carbonyl (C=O) groups is 2. The molecule has 1 unspecified atom stereocenters. The third kappa shape index (κ3) is 2.99. The summed E-state index contributed by atoms with van der Waals surface area (Å²) >= 11 is 0. The van der Waals surface area contributed by atoms with Gasteiger partial charge in [0.2, 0.25) is 0 Å². The summed E-state index contributed by atoms with van der Waals surface area (Å²) in [4.78, 5) is 22.5. The van der Waals surface area contributed by atoms with Crippen LogP contribution in [-0.2, 0) is 10.8 Å². The maximum Gasteiger partial charge on any atom is 0.336 e. The molecular weight excluding hydrogens is 308 g/mol. The summed E-state index contributed by atoms with van der Waals surface area (Å²) in [6, 6.07) is 9.80. The van der Waals surface area contributed by atoms with Gasteiger partial charge in [0.05, 0.1) is 38.8 Å². The van der Waals surface area contributed by atoms with E-state index in [1.54, 1.807) is 6.07 Å². The van der Waals surface area contributed by atoms with Crippen LogP contribution >= 0.6 is 0 Å². The molecule has 114 valence electrons. The van der Waals surface area contributed by atoms with Crippen LogP contribution in [0.4, 0.5) is 0 Å². The summed E-state index contributed by atoms with van der Waals surface area (Å²) in [7, 11) is -0.568. The number of carboxylic acid groups (broad SMARTS) is 2. The molecule has 1 atom stereocenters. The highest BCUT2D eigenvalue weighted by molar-refractivity contribution is 7.85. The predicted octanol–water partition coefficient (Wildman–Crippen LogP) is 2.26. The van der Waals surface area contributed by atoms with Crippen molar-refractivity contribution in [3.8, 4) is 5.75 Å². The van der Waals surface area contributed by atoms with E-state index in [4.69, 9.17) is 9.84 Å². The summed E-state index contributed by atoms with van der Waals surface area (Å²) < 4.78 is 17.7. The quantitative estimate of drug-likeness (QED) is 0.876. The Hall–Kier alpha value is -2.67. The molecule has 2 rings (SSSR count). The van der Waals surface area contributed by atoms with E-state index in [9.17, 15) is 18.9 Å². The summed E-state index contributed by atoms with van der Waals surface area (Å²) in [5, 5.41) is 18.4. The highest BCUT2D eigenvalue weighted by Crippen LogP contribution is 2.27. The van der Waals surface area contributed by atoms with Crippen LogP contribution in [0.3, 0.4) is 0 Å². The minimum atomic E-state index is -1.96. The molecule has 0 bridgehead atoms. The molecule has 2 aromatic carbocycles. The van der Waals surface area contributed by atoms with Gasteiger partial charge in [-0.3, -0.25) is 0 Å². The Kier molecular flexibility index (Phi) is 4.57. The lowest BCUT2D eigenvalue weighted by molar-refractivity contribution is 0.0683. The molecule has 0 saturated carbocycles. The first-order valence-corrected chi connectivity index (χ1v) is 7.26. The molecule has 2 N–H and O–H groups in total. The zero-order valence-corrected chi connectivity index (χ0v) is 12.3. The normalized spacial score (nSPS) is 11.7. The number of aromatic carboxylic acids is 2. The first kappa shape index (κ1) is 15.7. The van der Waals surface area contributed by atoms with Crippen LogP contribution in [0.5, 0.6) is 5.75 Å². The highest BCUT2D eigenvalue weighted by Gasteiger charge is 2.21. The lowest BCUT2D eigenvalue weighted by Gasteiger charge is -2.10. The predicted molar refractivity (Wildman–Crippen MR) is 78.0 cm³/mol.